The van der Waals surface area contributed by atoms with Gasteiger partial charge in [0.25, 0.3) is 5.56 Å². The molecule has 0 saturated carbocycles. The van der Waals surface area contributed by atoms with Gasteiger partial charge < -0.3 is 9.13 Å². The van der Waals surface area contributed by atoms with E-state index in [4.69, 9.17) is 0 Å². The van der Waals surface area contributed by atoms with Crippen LogP contribution in [0, 0.1) is 5.82 Å². The van der Waals surface area contributed by atoms with Crippen LogP contribution in [0.15, 0.2) is 82.7 Å². The fourth-order valence-corrected chi connectivity index (χ4v) is 6.36. The Hall–Kier alpha value is -4.25. The van der Waals surface area contributed by atoms with E-state index in [-0.39, 0.29) is 11.4 Å². The van der Waals surface area contributed by atoms with Crippen LogP contribution in [0.3, 0.4) is 0 Å². The van der Waals surface area contributed by atoms with Crippen LogP contribution in [0.25, 0.3) is 22.5 Å². The molecule has 2 heterocycles. The fourth-order valence-electron chi connectivity index (χ4n) is 5.39. The second-order valence-electron chi connectivity index (χ2n) is 10.3. The third-order valence-corrected chi connectivity index (χ3v) is 8.66. The molecule has 0 bridgehead atoms. The molecule has 5 aromatic rings. The summed E-state index contributed by atoms with van der Waals surface area (Å²) in [6, 6.07) is 18.9. The Bertz CT molecular complexity index is 1810. The van der Waals surface area contributed by atoms with E-state index in [2.05, 4.69) is 19.7 Å². The number of alkyl halides is 3. The molecule has 0 spiro atoms. The van der Waals surface area contributed by atoms with Crippen molar-refractivity contribution in [3.63, 3.8) is 0 Å². The molecule has 0 fully saturated rings. The highest BCUT2D eigenvalue weighted by Crippen LogP contribution is 2.32. The van der Waals surface area contributed by atoms with Crippen molar-refractivity contribution in [2.24, 2.45) is 0 Å². The Morgan fingerprint density at radius 3 is 2.14 bits per heavy atom. The molecule has 3 aromatic carbocycles. The van der Waals surface area contributed by atoms with Gasteiger partial charge in [0, 0.05) is 29.1 Å². The van der Waals surface area contributed by atoms with E-state index in [1.54, 1.807) is 12.1 Å². The standard InChI is InChI=1S/C32H27F4N5OS/c1-2-40-28(38-39-29(40)23-10-8-21(9-11-23)22-12-14-24(15-13-22)32(34,35)36)18-41-27-5-3-4-26(27)30(42)37-31(41)43-19-20-6-16-25(33)17-7-20/h6-17H,2-5,18-19H2,1H3. The van der Waals surface area contributed by atoms with Crippen molar-refractivity contribution in [3.8, 4) is 22.5 Å². The van der Waals surface area contributed by atoms with Gasteiger partial charge in [0.15, 0.2) is 16.8 Å². The van der Waals surface area contributed by atoms with Crippen LogP contribution in [0.5, 0.6) is 0 Å². The first-order valence-electron chi connectivity index (χ1n) is 13.9. The first-order valence-corrected chi connectivity index (χ1v) is 14.9. The first-order chi connectivity index (χ1) is 20.7. The van der Waals surface area contributed by atoms with Crippen LogP contribution < -0.4 is 5.56 Å². The highest BCUT2D eigenvalue weighted by Gasteiger charge is 2.30. The van der Waals surface area contributed by atoms with Gasteiger partial charge in [0.2, 0.25) is 0 Å². The van der Waals surface area contributed by atoms with Gasteiger partial charge in [0.1, 0.15) is 5.82 Å². The summed E-state index contributed by atoms with van der Waals surface area (Å²) in [6.45, 7) is 2.99. The molecule has 220 valence electrons. The van der Waals surface area contributed by atoms with Crippen LogP contribution in [0.1, 0.15) is 41.6 Å². The predicted molar refractivity (Wildman–Crippen MR) is 157 cm³/mol. The Labute approximate surface area is 249 Å². The lowest BCUT2D eigenvalue weighted by Crippen LogP contribution is -2.23. The molecular weight excluding hydrogens is 578 g/mol. The smallest absolute Gasteiger partial charge is 0.316 e. The zero-order valence-electron chi connectivity index (χ0n) is 23.2. The summed E-state index contributed by atoms with van der Waals surface area (Å²) in [6.07, 6.45) is -2.02. The van der Waals surface area contributed by atoms with Crippen molar-refractivity contribution < 1.29 is 17.6 Å². The van der Waals surface area contributed by atoms with Crippen LogP contribution in [0.2, 0.25) is 0 Å². The number of thioether (sulfide) groups is 1. The summed E-state index contributed by atoms with van der Waals surface area (Å²) >= 11 is 1.43. The van der Waals surface area contributed by atoms with E-state index >= 15 is 0 Å². The van der Waals surface area contributed by atoms with Crippen molar-refractivity contribution >= 4 is 11.8 Å². The summed E-state index contributed by atoms with van der Waals surface area (Å²) in [5.41, 5.74) is 4.05. The van der Waals surface area contributed by atoms with Crippen molar-refractivity contribution in [1.29, 1.82) is 0 Å². The van der Waals surface area contributed by atoms with E-state index in [9.17, 15) is 22.4 Å². The van der Waals surface area contributed by atoms with Gasteiger partial charge in [-0.2, -0.15) is 18.2 Å². The lowest BCUT2D eigenvalue weighted by molar-refractivity contribution is -0.137. The monoisotopic (exact) mass is 605 g/mol. The molecule has 6 rings (SSSR count). The average molecular weight is 606 g/mol. The third kappa shape index (κ3) is 5.99. The highest BCUT2D eigenvalue weighted by atomic mass is 32.2. The number of fused-ring (bicyclic) bond motifs is 1. The van der Waals surface area contributed by atoms with Gasteiger partial charge in [-0.05, 0) is 67.1 Å². The topological polar surface area (TPSA) is 65.6 Å². The minimum absolute atomic E-state index is 0.198. The van der Waals surface area contributed by atoms with E-state index in [1.165, 1.54) is 36.0 Å². The number of halogens is 4. The second-order valence-corrected chi connectivity index (χ2v) is 11.3. The van der Waals surface area contributed by atoms with Crippen LogP contribution in [-0.4, -0.2) is 24.3 Å². The van der Waals surface area contributed by atoms with Gasteiger partial charge in [0.05, 0.1) is 12.1 Å². The minimum Gasteiger partial charge on any atom is -0.316 e. The van der Waals surface area contributed by atoms with Crippen molar-refractivity contribution in [1.82, 2.24) is 24.3 Å². The normalized spacial score (nSPS) is 13.0. The quantitative estimate of drug-likeness (QED) is 0.107. The summed E-state index contributed by atoms with van der Waals surface area (Å²) in [7, 11) is 0. The molecule has 2 aromatic heterocycles. The van der Waals surface area contributed by atoms with Crippen LogP contribution in [0.4, 0.5) is 17.6 Å². The highest BCUT2D eigenvalue weighted by molar-refractivity contribution is 7.98. The maximum Gasteiger partial charge on any atom is 0.416 e. The van der Waals surface area contributed by atoms with Crippen LogP contribution >= 0.6 is 11.8 Å². The van der Waals surface area contributed by atoms with Crippen LogP contribution in [-0.2, 0) is 37.9 Å². The Balaban J connectivity index is 1.28. The Morgan fingerprint density at radius 2 is 1.49 bits per heavy atom. The predicted octanol–water partition coefficient (Wildman–Crippen LogP) is 7.18. The summed E-state index contributed by atoms with van der Waals surface area (Å²) < 4.78 is 56.3. The molecule has 11 heteroatoms. The number of hydrogen-bond donors (Lipinski definition) is 0. The van der Waals surface area contributed by atoms with E-state index in [0.717, 1.165) is 52.9 Å². The number of benzene rings is 3. The van der Waals surface area contributed by atoms with E-state index < -0.39 is 11.7 Å². The zero-order valence-corrected chi connectivity index (χ0v) is 24.1. The molecular formula is C32H27F4N5OS. The van der Waals surface area contributed by atoms with Crippen molar-refractivity contribution in [3.05, 3.63) is 117 Å². The summed E-state index contributed by atoms with van der Waals surface area (Å²) in [4.78, 5) is 17.3. The maximum atomic E-state index is 13.4. The molecule has 1 aliphatic rings. The van der Waals surface area contributed by atoms with Gasteiger partial charge >= 0.3 is 6.18 Å². The summed E-state index contributed by atoms with van der Waals surface area (Å²) in [5.74, 6) is 1.61. The first kappa shape index (κ1) is 28.9. The molecule has 0 aliphatic heterocycles. The third-order valence-electron chi connectivity index (χ3n) is 7.61. The minimum atomic E-state index is -4.38. The molecule has 43 heavy (non-hydrogen) atoms. The van der Waals surface area contributed by atoms with Gasteiger partial charge in [-0.15, -0.1) is 10.2 Å². The van der Waals surface area contributed by atoms with Gasteiger partial charge in [-0.1, -0.05) is 60.3 Å². The lowest BCUT2D eigenvalue weighted by Gasteiger charge is -2.17. The molecule has 0 unspecified atom stereocenters. The molecule has 0 N–H and O–H groups in total. The maximum absolute atomic E-state index is 13.4. The SMILES string of the molecule is CCn1c(Cn2c(SCc3ccc(F)cc3)nc(=O)c3c2CCC3)nnc1-c1ccc(-c2ccc(C(F)(F)F)cc2)cc1. The number of rotatable bonds is 8. The van der Waals surface area contributed by atoms with E-state index in [1.807, 2.05) is 35.8 Å². The van der Waals surface area contributed by atoms with Gasteiger partial charge in [-0.25, -0.2) is 4.39 Å². The van der Waals surface area contributed by atoms with Crippen molar-refractivity contribution in [2.45, 2.75) is 56.4 Å². The summed E-state index contributed by atoms with van der Waals surface area (Å²) in [5, 5.41) is 9.59. The molecule has 0 amide bonds. The lowest BCUT2D eigenvalue weighted by atomic mass is 10.0. The number of hydrogen-bond acceptors (Lipinski definition) is 5. The van der Waals surface area contributed by atoms with E-state index in [0.29, 0.717) is 47.6 Å². The molecule has 0 atom stereocenters. The Morgan fingerprint density at radius 1 is 0.837 bits per heavy atom. The zero-order chi connectivity index (χ0) is 30.1. The second kappa shape index (κ2) is 11.8. The number of nitrogens with zero attached hydrogens (tertiary/aromatic N) is 5. The largest absolute Gasteiger partial charge is 0.416 e. The molecule has 1 aliphatic carbocycles. The molecule has 0 radical (unpaired) electrons. The molecule has 0 saturated heterocycles. The van der Waals surface area contributed by atoms with Crippen molar-refractivity contribution in [2.75, 3.05) is 0 Å². The molecule has 6 nitrogen and oxygen atoms in total. The Kier molecular flexibility index (Phi) is 7.91. The fraction of sp³-hybridized carbons (Fsp3) is 0.250. The average Bonchev–Trinajstić information content (AvgIpc) is 3.66. The number of aromatic nitrogens is 5. The van der Waals surface area contributed by atoms with Gasteiger partial charge in [-0.3, -0.25) is 4.79 Å².